The van der Waals surface area contributed by atoms with Crippen molar-refractivity contribution in [1.29, 1.82) is 0 Å². The molecule has 0 radical (unpaired) electrons. The van der Waals surface area contributed by atoms with E-state index in [2.05, 4.69) is 21.8 Å². The first-order valence-electron chi connectivity index (χ1n) is 11.8. The van der Waals surface area contributed by atoms with Crippen molar-refractivity contribution in [3.05, 3.63) is 95.9 Å². The van der Waals surface area contributed by atoms with Gasteiger partial charge in [-0.05, 0) is 43.1 Å². The summed E-state index contributed by atoms with van der Waals surface area (Å²) >= 11 is 1.35. The highest BCUT2D eigenvalue weighted by Crippen LogP contribution is 2.38. The Bertz CT molecular complexity index is 1300. The van der Waals surface area contributed by atoms with Crippen molar-refractivity contribution in [2.45, 2.75) is 35.9 Å². The molecule has 0 spiro atoms. The van der Waals surface area contributed by atoms with Gasteiger partial charge in [0, 0.05) is 22.4 Å². The van der Waals surface area contributed by atoms with E-state index in [0.29, 0.717) is 24.5 Å². The van der Waals surface area contributed by atoms with Gasteiger partial charge in [0.15, 0.2) is 6.29 Å². The van der Waals surface area contributed by atoms with Crippen molar-refractivity contribution >= 4 is 30.2 Å². The summed E-state index contributed by atoms with van der Waals surface area (Å²) in [6, 6.07) is 7.58. The van der Waals surface area contributed by atoms with Crippen LogP contribution in [0.5, 0.6) is 0 Å². The number of aromatic nitrogens is 3. The first kappa shape index (κ1) is 27.8. The molecule has 1 fully saturated rings. The second-order valence-electron chi connectivity index (χ2n) is 8.68. The fourth-order valence-corrected chi connectivity index (χ4v) is 5.30. The van der Waals surface area contributed by atoms with Crippen molar-refractivity contribution < 1.29 is 27.8 Å². The first-order valence-corrected chi connectivity index (χ1v) is 12.7. The molecule has 1 N–H and O–H groups in total. The number of rotatable bonds is 10. The second-order valence-corrected chi connectivity index (χ2v) is 10.3. The van der Waals surface area contributed by atoms with Crippen LogP contribution < -0.4 is 0 Å². The maximum Gasteiger partial charge on any atom is 0.177 e. The molecule has 200 valence electrons. The fourth-order valence-electron chi connectivity index (χ4n) is 3.98. The molecule has 1 saturated heterocycles. The molecule has 11 heteroatoms. The number of benzene rings is 2. The maximum atomic E-state index is 14.7. The lowest BCUT2D eigenvalue weighted by atomic mass is 9.90. The predicted molar refractivity (Wildman–Crippen MR) is 141 cm³/mol. The highest BCUT2D eigenvalue weighted by molar-refractivity contribution is 8.00. The largest absolute Gasteiger partial charge is 0.382 e. The highest BCUT2D eigenvalue weighted by Gasteiger charge is 2.41. The van der Waals surface area contributed by atoms with Crippen LogP contribution in [0.3, 0.4) is 0 Å². The van der Waals surface area contributed by atoms with Crippen LogP contribution in [0.25, 0.3) is 6.08 Å². The van der Waals surface area contributed by atoms with E-state index >= 15 is 0 Å². The van der Waals surface area contributed by atoms with Crippen LogP contribution in [-0.4, -0.2) is 56.6 Å². The van der Waals surface area contributed by atoms with E-state index in [-0.39, 0.29) is 17.4 Å². The zero-order valence-corrected chi connectivity index (χ0v) is 21.4. The predicted octanol–water partition coefficient (Wildman–Crippen LogP) is 5.05. The lowest BCUT2D eigenvalue weighted by molar-refractivity contribution is -0.146. The number of hydrogen-bond donors (Lipinski definition) is 1. The Labute approximate surface area is 222 Å². The van der Waals surface area contributed by atoms with Gasteiger partial charge in [0.1, 0.15) is 35.7 Å². The third-order valence-electron chi connectivity index (χ3n) is 6.05. The minimum atomic E-state index is -1.79. The molecular weight excluding hydrogens is 517 g/mol. The fraction of sp³-hybridized carbons (Fsp3) is 0.296. The number of halogens is 3. The van der Waals surface area contributed by atoms with Gasteiger partial charge < -0.3 is 14.6 Å². The molecule has 0 amide bonds. The Morgan fingerprint density at radius 3 is 2.66 bits per heavy atom. The topological polar surface area (TPSA) is 81.8 Å². The Morgan fingerprint density at radius 2 is 1.97 bits per heavy atom. The third kappa shape index (κ3) is 6.79. The van der Waals surface area contributed by atoms with E-state index in [0.717, 1.165) is 18.2 Å². The molecule has 1 aromatic heterocycles. The van der Waals surface area contributed by atoms with E-state index in [1.165, 1.54) is 35.2 Å². The molecule has 1 aliphatic rings. The van der Waals surface area contributed by atoms with Gasteiger partial charge >= 0.3 is 0 Å². The minimum Gasteiger partial charge on any atom is -0.382 e. The van der Waals surface area contributed by atoms with Crippen LogP contribution in [-0.2, 0) is 21.6 Å². The molecule has 7 nitrogen and oxygen atoms in total. The highest BCUT2D eigenvalue weighted by atomic mass is 32.2. The average molecular weight is 545 g/mol. The summed E-state index contributed by atoms with van der Waals surface area (Å²) in [5.74, 6) is -1.78. The SMILES string of the molecule is C=Nc1ccc(/C=C/C=C/C2OCC(SC(C)[C@](O)(Cn3cncn3)c3cc(F)ccc3F)CO2)c(F)c1. The Kier molecular flexibility index (Phi) is 9.16. The smallest absolute Gasteiger partial charge is 0.177 e. The van der Waals surface area contributed by atoms with Crippen molar-refractivity contribution in [1.82, 2.24) is 14.8 Å². The number of aliphatic imine (C=N–C) groups is 1. The summed E-state index contributed by atoms with van der Waals surface area (Å²) in [5.41, 5.74) is -1.09. The standard InChI is InChI=1S/C27H27F3N4O3S/c1-18(27(35,15-34-17-32-16-33-34)23-11-20(28)8-10-24(23)29)38-22-13-36-26(37-14-22)6-4-3-5-19-7-9-21(31-2)12-25(19)30/h3-12,16-18,22,26,35H,2,13-15H2,1H3/b5-3+,6-4+/t18?,22?,26?,27-/m1/s1. The Hall–Kier alpha value is -3.25. The maximum absolute atomic E-state index is 14.7. The second kappa shape index (κ2) is 12.5. The van der Waals surface area contributed by atoms with E-state index < -0.39 is 34.6 Å². The molecule has 4 rings (SSSR count). The van der Waals surface area contributed by atoms with Gasteiger partial charge in [0.2, 0.25) is 0 Å². The number of aliphatic hydroxyl groups is 1. The number of thioether (sulfide) groups is 1. The molecule has 0 aliphatic carbocycles. The van der Waals surface area contributed by atoms with Gasteiger partial charge in [-0.3, -0.25) is 4.99 Å². The van der Waals surface area contributed by atoms with Crippen molar-refractivity contribution in [3.8, 4) is 0 Å². The van der Waals surface area contributed by atoms with Gasteiger partial charge in [-0.25, -0.2) is 22.8 Å². The lowest BCUT2D eigenvalue weighted by Crippen LogP contribution is -2.43. The Morgan fingerprint density at radius 1 is 1.18 bits per heavy atom. The number of nitrogens with zero attached hydrogens (tertiary/aromatic N) is 4. The third-order valence-corrected chi connectivity index (χ3v) is 7.50. The Balaban J connectivity index is 1.36. The summed E-state index contributed by atoms with van der Waals surface area (Å²) in [4.78, 5) is 7.56. The van der Waals surface area contributed by atoms with E-state index in [4.69, 9.17) is 9.47 Å². The molecule has 0 bridgehead atoms. The molecule has 2 heterocycles. The lowest BCUT2D eigenvalue weighted by Gasteiger charge is -2.37. The van der Waals surface area contributed by atoms with Gasteiger partial charge in [-0.1, -0.05) is 25.2 Å². The zero-order valence-electron chi connectivity index (χ0n) is 20.6. The van der Waals surface area contributed by atoms with E-state index in [9.17, 15) is 18.3 Å². The molecule has 3 aromatic rings. The van der Waals surface area contributed by atoms with Crippen LogP contribution in [0, 0.1) is 17.5 Å². The van der Waals surface area contributed by atoms with Gasteiger partial charge in [0.05, 0.1) is 30.7 Å². The van der Waals surface area contributed by atoms with Crippen molar-refractivity contribution in [2.24, 2.45) is 4.99 Å². The molecule has 2 aromatic carbocycles. The van der Waals surface area contributed by atoms with Gasteiger partial charge in [-0.15, -0.1) is 11.8 Å². The summed E-state index contributed by atoms with van der Waals surface area (Å²) in [6.45, 7) is 5.60. The minimum absolute atomic E-state index is 0.124. The van der Waals surface area contributed by atoms with Crippen LogP contribution in [0.1, 0.15) is 18.1 Å². The molecular formula is C27H27F3N4O3S. The van der Waals surface area contributed by atoms with Crippen LogP contribution in [0.15, 0.2) is 72.3 Å². The molecule has 2 atom stereocenters. The number of ether oxygens (including phenoxy) is 2. The van der Waals surface area contributed by atoms with Crippen molar-refractivity contribution in [3.63, 3.8) is 0 Å². The number of allylic oxidation sites excluding steroid dienone is 2. The molecule has 1 unspecified atom stereocenters. The summed E-state index contributed by atoms with van der Waals surface area (Å²) in [6.07, 6.45) is 8.79. The first-order chi connectivity index (χ1) is 18.3. The number of hydrogen-bond acceptors (Lipinski definition) is 7. The monoisotopic (exact) mass is 544 g/mol. The summed E-state index contributed by atoms with van der Waals surface area (Å²) in [5, 5.41) is 14.9. The summed E-state index contributed by atoms with van der Waals surface area (Å²) < 4.78 is 55.7. The molecule has 1 aliphatic heterocycles. The zero-order chi connectivity index (χ0) is 27.1. The molecule has 38 heavy (non-hydrogen) atoms. The van der Waals surface area contributed by atoms with E-state index in [1.54, 1.807) is 43.4 Å². The van der Waals surface area contributed by atoms with Crippen LogP contribution in [0.4, 0.5) is 18.9 Å². The quantitative estimate of drug-likeness (QED) is 0.284. The van der Waals surface area contributed by atoms with E-state index in [1.807, 2.05) is 0 Å². The summed E-state index contributed by atoms with van der Waals surface area (Å²) in [7, 11) is 0. The van der Waals surface area contributed by atoms with Gasteiger partial charge in [-0.2, -0.15) is 5.10 Å². The van der Waals surface area contributed by atoms with Crippen LogP contribution in [0.2, 0.25) is 0 Å². The average Bonchev–Trinajstić information content (AvgIpc) is 3.42. The van der Waals surface area contributed by atoms with Crippen molar-refractivity contribution in [2.75, 3.05) is 13.2 Å². The van der Waals surface area contributed by atoms with Crippen LogP contribution >= 0.6 is 11.8 Å². The molecule has 0 saturated carbocycles. The van der Waals surface area contributed by atoms with Gasteiger partial charge in [0.25, 0.3) is 0 Å². The normalized spacial score (nSPS) is 20.6.